The first-order valence-electron chi connectivity index (χ1n) is 6.90. The zero-order chi connectivity index (χ0) is 16.9. The first-order valence-corrected chi connectivity index (χ1v) is 6.90. The minimum Gasteiger partial charge on any atom is -0.447 e. The van der Waals surface area contributed by atoms with Gasteiger partial charge in [-0.1, -0.05) is 30.3 Å². The predicted octanol–water partition coefficient (Wildman–Crippen LogP) is -0.0439. The molecule has 0 spiro atoms. The van der Waals surface area contributed by atoms with Crippen molar-refractivity contribution in [2.24, 2.45) is 0 Å². The van der Waals surface area contributed by atoms with Gasteiger partial charge in [0.2, 0.25) is 5.78 Å². The lowest BCUT2D eigenvalue weighted by atomic mass is 10.0. The smallest absolute Gasteiger partial charge is 0.287 e. The molecule has 0 atom stereocenters. The standard InChI is InChI=1S/C16H17NO6/c18-8-16(9-19,10-20)17-15(22)13-7-6-12(23-13)14(21)11-4-2-1-3-5-11/h1-7,18-20H,8-10H2,(H,17,22). The Balaban J connectivity index is 2.16. The number of nitrogens with one attached hydrogen (secondary N) is 1. The van der Waals surface area contributed by atoms with Gasteiger partial charge < -0.3 is 25.1 Å². The molecule has 2 rings (SSSR count). The van der Waals surface area contributed by atoms with Crippen LogP contribution in [0.2, 0.25) is 0 Å². The van der Waals surface area contributed by atoms with Crippen LogP contribution in [0.3, 0.4) is 0 Å². The van der Waals surface area contributed by atoms with Gasteiger partial charge in [-0.3, -0.25) is 9.59 Å². The molecule has 0 aliphatic rings. The van der Waals surface area contributed by atoms with E-state index in [0.717, 1.165) is 0 Å². The van der Waals surface area contributed by atoms with Gasteiger partial charge in [0.25, 0.3) is 5.91 Å². The Morgan fingerprint density at radius 1 is 0.913 bits per heavy atom. The van der Waals surface area contributed by atoms with Crippen LogP contribution in [0.1, 0.15) is 26.7 Å². The highest BCUT2D eigenvalue weighted by Gasteiger charge is 2.31. The van der Waals surface area contributed by atoms with Crippen LogP contribution in [0, 0.1) is 0 Å². The Labute approximate surface area is 132 Å². The molecule has 0 bridgehead atoms. The van der Waals surface area contributed by atoms with Gasteiger partial charge in [0.05, 0.1) is 19.8 Å². The Morgan fingerprint density at radius 3 is 2.04 bits per heavy atom. The van der Waals surface area contributed by atoms with Crippen LogP contribution in [0.5, 0.6) is 0 Å². The Kier molecular flexibility index (Phi) is 5.28. The number of hydrogen-bond donors (Lipinski definition) is 4. The van der Waals surface area contributed by atoms with E-state index in [9.17, 15) is 24.9 Å². The highest BCUT2D eigenvalue weighted by Crippen LogP contribution is 2.14. The van der Waals surface area contributed by atoms with Crippen LogP contribution in [-0.2, 0) is 0 Å². The molecule has 7 nitrogen and oxygen atoms in total. The molecule has 0 aliphatic carbocycles. The maximum atomic E-state index is 12.2. The third-order valence-electron chi connectivity index (χ3n) is 3.38. The molecular formula is C16H17NO6. The summed E-state index contributed by atoms with van der Waals surface area (Å²) in [5.41, 5.74) is -1.14. The van der Waals surface area contributed by atoms with E-state index in [0.29, 0.717) is 5.56 Å². The molecule has 23 heavy (non-hydrogen) atoms. The molecule has 1 aromatic carbocycles. The summed E-state index contributed by atoms with van der Waals surface area (Å²) < 4.78 is 5.23. The fourth-order valence-electron chi connectivity index (χ4n) is 1.88. The predicted molar refractivity (Wildman–Crippen MR) is 80.0 cm³/mol. The molecule has 1 amide bonds. The van der Waals surface area contributed by atoms with Gasteiger partial charge in [0.15, 0.2) is 11.5 Å². The summed E-state index contributed by atoms with van der Waals surface area (Å²) >= 11 is 0. The number of furan rings is 1. The van der Waals surface area contributed by atoms with E-state index in [1.807, 2.05) is 0 Å². The molecular weight excluding hydrogens is 302 g/mol. The highest BCUT2D eigenvalue weighted by molar-refractivity contribution is 6.07. The summed E-state index contributed by atoms with van der Waals surface area (Å²) in [5.74, 6) is -1.30. The van der Waals surface area contributed by atoms with E-state index in [2.05, 4.69) is 5.32 Å². The highest BCUT2D eigenvalue weighted by atomic mass is 16.4. The van der Waals surface area contributed by atoms with Crippen molar-refractivity contribution in [1.82, 2.24) is 5.32 Å². The largest absolute Gasteiger partial charge is 0.447 e. The summed E-state index contributed by atoms with van der Waals surface area (Å²) in [5, 5.41) is 29.9. The number of amides is 1. The fourth-order valence-corrected chi connectivity index (χ4v) is 1.88. The molecule has 7 heteroatoms. The summed E-state index contributed by atoms with van der Waals surface area (Å²) in [4.78, 5) is 24.3. The van der Waals surface area contributed by atoms with Crippen LogP contribution in [0.25, 0.3) is 0 Å². The summed E-state index contributed by atoms with van der Waals surface area (Å²) in [7, 11) is 0. The van der Waals surface area contributed by atoms with Crippen molar-refractivity contribution in [2.75, 3.05) is 19.8 Å². The number of carbonyl (C=O) groups excluding carboxylic acids is 2. The van der Waals surface area contributed by atoms with Gasteiger partial charge in [-0.05, 0) is 12.1 Å². The quantitative estimate of drug-likeness (QED) is 0.531. The van der Waals surface area contributed by atoms with Gasteiger partial charge in [0, 0.05) is 5.56 Å². The molecule has 0 saturated heterocycles. The monoisotopic (exact) mass is 319 g/mol. The van der Waals surface area contributed by atoms with Crippen LogP contribution in [0.15, 0.2) is 46.9 Å². The minimum absolute atomic E-state index is 0.0102. The zero-order valence-electron chi connectivity index (χ0n) is 12.2. The first-order chi connectivity index (χ1) is 11.0. The van der Waals surface area contributed by atoms with Crippen LogP contribution in [0.4, 0.5) is 0 Å². The van der Waals surface area contributed by atoms with E-state index < -0.39 is 31.3 Å². The Hall–Kier alpha value is -2.48. The fraction of sp³-hybridized carbons (Fsp3) is 0.250. The van der Waals surface area contributed by atoms with Gasteiger partial charge >= 0.3 is 0 Å². The third kappa shape index (κ3) is 3.65. The molecule has 0 aliphatic heterocycles. The van der Waals surface area contributed by atoms with Crippen molar-refractivity contribution in [2.45, 2.75) is 5.54 Å². The van der Waals surface area contributed by atoms with Crippen molar-refractivity contribution in [1.29, 1.82) is 0 Å². The molecule has 122 valence electrons. The van der Waals surface area contributed by atoms with Gasteiger partial charge in [-0.25, -0.2) is 0 Å². The van der Waals surface area contributed by atoms with Crippen molar-refractivity contribution >= 4 is 11.7 Å². The van der Waals surface area contributed by atoms with E-state index in [4.69, 9.17) is 4.42 Å². The average molecular weight is 319 g/mol. The SMILES string of the molecule is O=C(NC(CO)(CO)CO)c1ccc(C(=O)c2ccccc2)o1. The van der Waals surface area contributed by atoms with E-state index in [1.54, 1.807) is 30.3 Å². The number of aliphatic hydroxyl groups excluding tert-OH is 3. The van der Waals surface area contributed by atoms with Crippen LogP contribution in [-0.4, -0.2) is 52.4 Å². The van der Waals surface area contributed by atoms with Crippen molar-refractivity contribution < 1.29 is 29.3 Å². The number of benzene rings is 1. The molecule has 0 radical (unpaired) electrons. The lowest BCUT2D eigenvalue weighted by molar-refractivity contribution is 0.0363. The molecule has 1 aromatic heterocycles. The number of hydrogen-bond acceptors (Lipinski definition) is 6. The van der Waals surface area contributed by atoms with Gasteiger partial charge in [-0.15, -0.1) is 0 Å². The average Bonchev–Trinajstić information content (AvgIpc) is 3.10. The van der Waals surface area contributed by atoms with Crippen LogP contribution >= 0.6 is 0 Å². The maximum Gasteiger partial charge on any atom is 0.287 e. The van der Waals surface area contributed by atoms with E-state index in [1.165, 1.54) is 12.1 Å². The van der Waals surface area contributed by atoms with Crippen molar-refractivity contribution in [3.63, 3.8) is 0 Å². The summed E-state index contributed by atoms with van der Waals surface area (Å²) in [6, 6.07) is 11.1. The third-order valence-corrected chi connectivity index (χ3v) is 3.38. The molecule has 2 aromatic rings. The Morgan fingerprint density at radius 2 is 1.48 bits per heavy atom. The van der Waals surface area contributed by atoms with Gasteiger partial charge in [0.1, 0.15) is 5.54 Å². The second kappa shape index (κ2) is 7.19. The van der Waals surface area contributed by atoms with Crippen molar-refractivity contribution in [3.8, 4) is 0 Å². The number of aliphatic hydroxyl groups is 3. The topological polar surface area (TPSA) is 120 Å². The minimum atomic E-state index is -1.56. The first kappa shape index (κ1) is 16.9. The number of carbonyl (C=O) groups is 2. The van der Waals surface area contributed by atoms with Crippen molar-refractivity contribution in [3.05, 3.63) is 59.5 Å². The normalized spacial score (nSPS) is 11.3. The van der Waals surface area contributed by atoms with E-state index >= 15 is 0 Å². The molecule has 1 heterocycles. The second-order valence-electron chi connectivity index (χ2n) is 5.07. The van der Waals surface area contributed by atoms with Crippen LogP contribution < -0.4 is 5.32 Å². The van der Waals surface area contributed by atoms with Gasteiger partial charge in [-0.2, -0.15) is 0 Å². The maximum absolute atomic E-state index is 12.2. The molecule has 0 unspecified atom stereocenters. The number of ketones is 1. The Bertz CT molecular complexity index is 667. The lowest BCUT2D eigenvalue weighted by Gasteiger charge is -2.28. The molecule has 4 N–H and O–H groups in total. The second-order valence-corrected chi connectivity index (χ2v) is 5.07. The lowest BCUT2D eigenvalue weighted by Crippen LogP contribution is -2.57. The molecule has 0 saturated carbocycles. The zero-order valence-corrected chi connectivity index (χ0v) is 12.2. The van der Waals surface area contributed by atoms with E-state index in [-0.39, 0.29) is 17.3 Å². The molecule has 0 fully saturated rings. The summed E-state index contributed by atoms with van der Waals surface area (Å²) in [6.45, 7) is -1.95. The summed E-state index contributed by atoms with van der Waals surface area (Å²) in [6.07, 6.45) is 0. The number of rotatable bonds is 7.